The van der Waals surface area contributed by atoms with Gasteiger partial charge in [-0.05, 0) is 24.3 Å². The molecule has 0 bridgehead atoms. The van der Waals surface area contributed by atoms with E-state index >= 15 is 0 Å². The molecule has 0 aliphatic rings. The van der Waals surface area contributed by atoms with Crippen molar-refractivity contribution in [2.75, 3.05) is 6.61 Å². The predicted octanol–water partition coefficient (Wildman–Crippen LogP) is 1.61. The number of aromatic nitrogens is 3. The summed E-state index contributed by atoms with van der Waals surface area (Å²) in [7, 11) is 0. The second-order valence-corrected chi connectivity index (χ2v) is 4.06. The van der Waals surface area contributed by atoms with E-state index in [0.717, 1.165) is 11.0 Å². The van der Waals surface area contributed by atoms with Crippen molar-refractivity contribution in [3.05, 3.63) is 42.5 Å². The van der Waals surface area contributed by atoms with Gasteiger partial charge in [-0.3, -0.25) is 4.79 Å². The zero-order chi connectivity index (χ0) is 13.9. The smallest absolute Gasteiger partial charge is 0.239 e. The van der Waals surface area contributed by atoms with Crippen LogP contribution in [0.1, 0.15) is 0 Å². The number of phenols is 1. The third-order valence-corrected chi connectivity index (χ3v) is 2.75. The van der Waals surface area contributed by atoms with E-state index in [0.29, 0.717) is 11.4 Å². The Morgan fingerprint density at radius 1 is 1.15 bits per heavy atom. The van der Waals surface area contributed by atoms with Gasteiger partial charge in [0.1, 0.15) is 28.2 Å². The number of rotatable bonds is 4. The summed E-state index contributed by atoms with van der Waals surface area (Å²) in [4.78, 5) is 11.5. The molecule has 0 saturated heterocycles. The first-order valence-electron chi connectivity index (χ1n) is 5.91. The van der Waals surface area contributed by atoms with Gasteiger partial charge in [0.05, 0.1) is 0 Å². The van der Waals surface area contributed by atoms with Crippen molar-refractivity contribution < 1.29 is 14.6 Å². The molecule has 0 unspecified atom stereocenters. The number of fused-ring (bicyclic) bond motifs is 1. The Balaban J connectivity index is 1.98. The first kappa shape index (κ1) is 12.2. The van der Waals surface area contributed by atoms with Gasteiger partial charge in [0.15, 0.2) is 6.61 Å². The lowest BCUT2D eigenvalue weighted by Gasteiger charge is -2.06. The summed E-state index contributed by atoms with van der Waals surface area (Å²) >= 11 is 0. The average Bonchev–Trinajstić information content (AvgIpc) is 2.88. The molecule has 0 aliphatic carbocycles. The van der Waals surface area contributed by atoms with Crippen molar-refractivity contribution >= 4 is 17.3 Å². The van der Waals surface area contributed by atoms with E-state index in [9.17, 15) is 9.90 Å². The van der Waals surface area contributed by atoms with Crippen molar-refractivity contribution in [1.82, 2.24) is 15.0 Å². The molecule has 0 amide bonds. The Hall–Kier alpha value is -2.89. The molecule has 1 radical (unpaired) electrons. The Bertz CT molecular complexity index is 734. The van der Waals surface area contributed by atoms with Gasteiger partial charge in [0.25, 0.3) is 0 Å². The van der Waals surface area contributed by atoms with Crippen LogP contribution in [0, 0.1) is 0 Å². The van der Waals surface area contributed by atoms with Gasteiger partial charge in [0.2, 0.25) is 6.29 Å². The number of benzene rings is 2. The van der Waals surface area contributed by atoms with Crippen LogP contribution in [0.5, 0.6) is 11.5 Å². The quantitative estimate of drug-likeness (QED) is 0.778. The fraction of sp³-hybridized carbons (Fsp3) is 0.0714. The summed E-state index contributed by atoms with van der Waals surface area (Å²) in [5.41, 5.74) is 1.91. The number of aromatic hydroxyl groups is 1. The molecule has 3 aromatic rings. The molecule has 99 valence electrons. The molecule has 1 aromatic heterocycles. The summed E-state index contributed by atoms with van der Waals surface area (Å²) < 4.78 is 5.05. The lowest BCUT2D eigenvalue weighted by molar-refractivity contribution is 0.361. The van der Waals surface area contributed by atoms with Gasteiger partial charge in [0, 0.05) is 6.07 Å². The minimum atomic E-state index is -0.178. The molecule has 1 N–H and O–H groups in total. The van der Waals surface area contributed by atoms with E-state index in [2.05, 4.69) is 10.2 Å². The molecular weight excluding hydrogens is 258 g/mol. The Morgan fingerprint density at radius 2 is 1.85 bits per heavy atom. The van der Waals surface area contributed by atoms with Crippen LogP contribution < -0.4 is 4.74 Å². The molecule has 6 nitrogen and oxygen atoms in total. The molecule has 0 atom stereocenters. The SMILES string of the molecule is O=[C]COc1ccc(-n2nc3ccccc3n2)c(O)c1. The van der Waals surface area contributed by atoms with Gasteiger partial charge in [-0.25, -0.2) is 0 Å². The second-order valence-electron chi connectivity index (χ2n) is 4.06. The number of nitrogens with zero attached hydrogens (tertiary/aromatic N) is 3. The highest BCUT2D eigenvalue weighted by Gasteiger charge is 2.09. The zero-order valence-electron chi connectivity index (χ0n) is 10.4. The number of hydrogen-bond acceptors (Lipinski definition) is 5. The van der Waals surface area contributed by atoms with Gasteiger partial charge in [-0.2, -0.15) is 0 Å². The summed E-state index contributed by atoms with van der Waals surface area (Å²) in [6.45, 7) is -0.178. The molecule has 20 heavy (non-hydrogen) atoms. The third-order valence-electron chi connectivity index (χ3n) is 2.75. The van der Waals surface area contributed by atoms with Crippen LogP contribution >= 0.6 is 0 Å². The molecular formula is C14H10N3O3. The van der Waals surface area contributed by atoms with Crippen molar-refractivity contribution in [3.8, 4) is 17.2 Å². The fourth-order valence-corrected chi connectivity index (χ4v) is 1.84. The fourth-order valence-electron chi connectivity index (χ4n) is 1.84. The number of ether oxygens (including phenoxy) is 1. The summed E-state index contributed by atoms with van der Waals surface area (Å²) in [5, 5.41) is 18.5. The summed E-state index contributed by atoms with van der Waals surface area (Å²) in [6.07, 6.45) is 1.62. The minimum Gasteiger partial charge on any atom is -0.505 e. The number of hydrogen-bond donors (Lipinski definition) is 1. The molecule has 0 aliphatic heterocycles. The highest BCUT2D eigenvalue weighted by molar-refractivity contribution is 5.73. The van der Waals surface area contributed by atoms with E-state index in [1.807, 2.05) is 24.3 Å². The van der Waals surface area contributed by atoms with Crippen LogP contribution in [0.15, 0.2) is 42.5 Å². The Kier molecular flexibility index (Phi) is 3.04. The topological polar surface area (TPSA) is 77.2 Å². The van der Waals surface area contributed by atoms with Crippen LogP contribution in [0.3, 0.4) is 0 Å². The Labute approximate surface area is 114 Å². The van der Waals surface area contributed by atoms with Gasteiger partial charge < -0.3 is 9.84 Å². The Morgan fingerprint density at radius 3 is 2.45 bits per heavy atom. The van der Waals surface area contributed by atoms with Crippen molar-refractivity contribution in [2.45, 2.75) is 0 Å². The highest BCUT2D eigenvalue weighted by Crippen LogP contribution is 2.26. The maximum atomic E-state index is 10.1. The molecule has 3 rings (SSSR count). The van der Waals surface area contributed by atoms with Gasteiger partial charge in [-0.1, -0.05) is 12.1 Å². The summed E-state index contributed by atoms with van der Waals surface area (Å²) in [6, 6.07) is 12.1. The van der Waals surface area contributed by atoms with Crippen molar-refractivity contribution in [2.24, 2.45) is 0 Å². The average molecular weight is 268 g/mol. The lowest BCUT2D eigenvalue weighted by atomic mass is 10.3. The third kappa shape index (κ3) is 2.18. The predicted molar refractivity (Wildman–Crippen MR) is 71.7 cm³/mol. The molecule has 1 heterocycles. The minimum absolute atomic E-state index is 0.0336. The molecule has 0 fully saturated rings. The number of carbonyl (C=O) groups excluding carboxylic acids is 1. The van der Waals surface area contributed by atoms with Crippen LogP contribution in [0.4, 0.5) is 0 Å². The van der Waals surface area contributed by atoms with Crippen molar-refractivity contribution in [3.63, 3.8) is 0 Å². The largest absolute Gasteiger partial charge is 0.505 e. The zero-order valence-corrected chi connectivity index (χ0v) is 10.4. The second kappa shape index (κ2) is 5.00. The normalized spacial score (nSPS) is 10.6. The first-order chi connectivity index (χ1) is 9.78. The number of phenolic OH excluding ortho intramolecular Hbond substituents is 1. The van der Waals surface area contributed by atoms with Crippen molar-refractivity contribution in [1.29, 1.82) is 0 Å². The lowest BCUT2D eigenvalue weighted by Crippen LogP contribution is -2.01. The van der Waals surface area contributed by atoms with E-state index < -0.39 is 0 Å². The van der Waals surface area contributed by atoms with Crippen LogP contribution in [0.2, 0.25) is 0 Å². The van der Waals surface area contributed by atoms with Crippen LogP contribution in [-0.4, -0.2) is 33.0 Å². The molecule has 0 spiro atoms. The standard InChI is InChI=1S/C14H10N3O3/c18-7-8-20-10-5-6-13(14(19)9-10)17-15-11-3-1-2-4-12(11)16-17/h1-6,9,19H,8H2. The van der Waals surface area contributed by atoms with E-state index in [1.165, 1.54) is 10.9 Å². The van der Waals surface area contributed by atoms with Gasteiger partial charge >= 0.3 is 0 Å². The molecule has 0 saturated carbocycles. The highest BCUT2D eigenvalue weighted by atomic mass is 16.5. The molecule has 6 heteroatoms. The van der Waals surface area contributed by atoms with Crippen LogP contribution in [-0.2, 0) is 4.79 Å². The molecule has 2 aromatic carbocycles. The van der Waals surface area contributed by atoms with E-state index in [-0.39, 0.29) is 12.4 Å². The maximum absolute atomic E-state index is 10.1. The summed E-state index contributed by atoms with van der Waals surface area (Å²) in [5.74, 6) is 0.347. The first-order valence-corrected chi connectivity index (χ1v) is 5.91. The van der Waals surface area contributed by atoms with E-state index in [1.54, 1.807) is 18.4 Å². The van der Waals surface area contributed by atoms with E-state index in [4.69, 9.17) is 4.74 Å². The maximum Gasteiger partial charge on any atom is 0.239 e. The monoisotopic (exact) mass is 268 g/mol. The van der Waals surface area contributed by atoms with Gasteiger partial charge in [-0.15, -0.1) is 15.0 Å². The van der Waals surface area contributed by atoms with Crippen LogP contribution in [0.25, 0.3) is 16.7 Å².